The van der Waals surface area contributed by atoms with E-state index < -0.39 is 23.4 Å². The van der Waals surface area contributed by atoms with Crippen LogP contribution in [0.4, 0.5) is 0 Å². The summed E-state index contributed by atoms with van der Waals surface area (Å²) < 4.78 is 10.8. The second-order valence-corrected chi connectivity index (χ2v) is 4.77. The van der Waals surface area contributed by atoms with E-state index in [1.165, 1.54) is 0 Å². The molecule has 4 unspecified atom stereocenters. The van der Waals surface area contributed by atoms with Gasteiger partial charge in [0.25, 0.3) is 0 Å². The average Bonchev–Trinajstić information content (AvgIpc) is 2.82. The van der Waals surface area contributed by atoms with Gasteiger partial charge in [-0.05, 0) is 19.8 Å². The van der Waals surface area contributed by atoms with Crippen molar-refractivity contribution in [1.82, 2.24) is 4.98 Å². The lowest BCUT2D eigenvalue weighted by molar-refractivity contribution is 0.0539. The molecule has 1 aromatic rings. The maximum Gasteiger partial charge on any atom is 0.374 e. The minimum Gasteiger partial charge on any atom is -0.476 e. The maximum atomic E-state index is 11.0. The van der Waals surface area contributed by atoms with Crippen LogP contribution in [0.2, 0.25) is 0 Å². The summed E-state index contributed by atoms with van der Waals surface area (Å²) in [6, 6.07) is 0. The van der Waals surface area contributed by atoms with Crippen molar-refractivity contribution in [1.29, 1.82) is 0 Å². The molecule has 2 N–H and O–H groups in total. The molecule has 2 rings (SSSR count). The molecular formula is C12H15NO6. The van der Waals surface area contributed by atoms with Gasteiger partial charge < -0.3 is 19.4 Å². The van der Waals surface area contributed by atoms with Gasteiger partial charge in [-0.1, -0.05) is 6.92 Å². The Kier molecular flexibility index (Phi) is 3.32. The molecule has 0 spiro atoms. The Hall–Kier alpha value is -1.89. The molecular weight excluding hydrogens is 254 g/mol. The van der Waals surface area contributed by atoms with Crippen LogP contribution in [0, 0.1) is 5.92 Å². The first-order valence-electron chi connectivity index (χ1n) is 5.95. The Morgan fingerprint density at radius 3 is 2.11 bits per heavy atom. The number of hydrogen-bond donors (Lipinski definition) is 2. The van der Waals surface area contributed by atoms with Gasteiger partial charge in [-0.25, -0.2) is 14.6 Å². The minimum absolute atomic E-state index is 0.0199. The van der Waals surface area contributed by atoms with Crippen molar-refractivity contribution in [3.05, 3.63) is 17.3 Å². The number of carboxylic acid groups (broad SMARTS) is 2. The highest BCUT2D eigenvalue weighted by atomic mass is 16.5. The van der Waals surface area contributed by atoms with Gasteiger partial charge in [0.1, 0.15) is 0 Å². The highest BCUT2D eigenvalue weighted by Crippen LogP contribution is 2.39. The second kappa shape index (κ2) is 4.65. The van der Waals surface area contributed by atoms with Gasteiger partial charge in [-0.15, -0.1) is 0 Å². The van der Waals surface area contributed by atoms with Gasteiger partial charge in [0.2, 0.25) is 17.3 Å². The first-order chi connectivity index (χ1) is 8.82. The van der Waals surface area contributed by atoms with E-state index in [9.17, 15) is 9.59 Å². The van der Waals surface area contributed by atoms with Gasteiger partial charge in [-0.3, -0.25) is 0 Å². The Labute approximate surface area is 109 Å². The van der Waals surface area contributed by atoms with Crippen molar-refractivity contribution >= 4 is 11.9 Å². The van der Waals surface area contributed by atoms with Gasteiger partial charge >= 0.3 is 11.9 Å². The molecule has 0 saturated carbocycles. The molecule has 0 aromatic carbocycles. The lowest BCUT2D eigenvalue weighted by Gasteiger charge is -2.13. The zero-order chi connectivity index (χ0) is 14.3. The van der Waals surface area contributed by atoms with E-state index in [0.29, 0.717) is 0 Å². The molecule has 0 radical (unpaired) electrons. The Balaban J connectivity index is 2.44. The second-order valence-electron chi connectivity index (χ2n) is 4.77. The fourth-order valence-corrected chi connectivity index (χ4v) is 2.46. The number of aromatic nitrogens is 1. The van der Waals surface area contributed by atoms with Crippen molar-refractivity contribution in [3.63, 3.8) is 0 Å². The predicted octanol–water partition coefficient (Wildman–Crippen LogP) is 1.60. The summed E-state index contributed by atoms with van der Waals surface area (Å²) in [4.78, 5) is 25.7. The number of carboxylic acids is 2. The van der Waals surface area contributed by atoms with E-state index in [0.717, 1.165) is 0 Å². The smallest absolute Gasteiger partial charge is 0.374 e. The molecule has 19 heavy (non-hydrogen) atoms. The molecule has 7 heteroatoms. The van der Waals surface area contributed by atoms with Crippen molar-refractivity contribution in [2.24, 2.45) is 5.92 Å². The van der Waals surface area contributed by atoms with Crippen molar-refractivity contribution in [2.75, 3.05) is 0 Å². The fraction of sp³-hybridized carbons (Fsp3) is 0.583. The van der Waals surface area contributed by atoms with Crippen molar-refractivity contribution in [2.45, 2.75) is 38.9 Å². The van der Waals surface area contributed by atoms with E-state index in [4.69, 9.17) is 19.4 Å². The fourth-order valence-electron chi connectivity index (χ4n) is 2.46. The molecule has 1 fully saturated rings. The molecule has 0 amide bonds. The molecule has 7 nitrogen and oxygen atoms in total. The van der Waals surface area contributed by atoms with E-state index in [1.807, 2.05) is 20.8 Å². The molecule has 1 aliphatic heterocycles. The average molecular weight is 269 g/mol. The third-order valence-corrected chi connectivity index (χ3v) is 3.57. The van der Waals surface area contributed by atoms with Gasteiger partial charge in [0.15, 0.2) is 0 Å². The van der Waals surface area contributed by atoms with Crippen LogP contribution >= 0.6 is 0 Å². The third kappa shape index (κ3) is 2.21. The lowest BCUT2D eigenvalue weighted by atomic mass is 9.89. The molecule has 0 bridgehead atoms. The summed E-state index contributed by atoms with van der Waals surface area (Å²) in [7, 11) is 0. The predicted molar refractivity (Wildman–Crippen MR) is 62.3 cm³/mol. The third-order valence-electron chi connectivity index (χ3n) is 3.57. The summed E-state index contributed by atoms with van der Waals surface area (Å²) in [6.07, 6.45) is -0.222. The number of aromatic carboxylic acids is 2. The quantitative estimate of drug-likeness (QED) is 0.857. The largest absolute Gasteiger partial charge is 0.476 e. The van der Waals surface area contributed by atoms with Crippen LogP contribution in [0.1, 0.15) is 53.6 Å². The highest BCUT2D eigenvalue weighted by Gasteiger charge is 2.42. The highest BCUT2D eigenvalue weighted by molar-refractivity contribution is 5.98. The van der Waals surface area contributed by atoms with E-state index in [2.05, 4.69) is 4.98 Å². The number of ether oxygens (including phenoxy) is 1. The van der Waals surface area contributed by atoms with E-state index in [1.54, 1.807) is 0 Å². The Bertz CT molecular complexity index is 491. The van der Waals surface area contributed by atoms with Crippen molar-refractivity contribution in [3.8, 4) is 0 Å². The van der Waals surface area contributed by atoms with Crippen LogP contribution in [-0.4, -0.2) is 39.3 Å². The molecule has 0 aliphatic carbocycles. The van der Waals surface area contributed by atoms with Crippen LogP contribution in [0.15, 0.2) is 4.42 Å². The minimum atomic E-state index is -1.44. The lowest BCUT2D eigenvalue weighted by Crippen LogP contribution is -2.15. The topological polar surface area (TPSA) is 110 Å². The number of carbonyl (C=O) groups is 2. The number of rotatable bonds is 3. The van der Waals surface area contributed by atoms with Gasteiger partial charge in [0.05, 0.1) is 18.1 Å². The van der Waals surface area contributed by atoms with Gasteiger partial charge in [-0.2, -0.15) is 0 Å². The first kappa shape index (κ1) is 13.5. The van der Waals surface area contributed by atoms with Crippen LogP contribution in [-0.2, 0) is 4.74 Å². The molecule has 104 valence electrons. The van der Waals surface area contributed by atoms with Crippen LogP contribution in [0.25, 0.3) is 0 Å². The Morgan fingerprint density at radius 1 is 1.11 bits per heavy atom. The van der Waals surface area contributed by atoms with Gasteiger partial charge in [0, 0.05) is 0 Å². The summed E-state index contributed by atoms with van der Waals surface area (Å²) in [5.74, 6) is -3.57. The summed E-state index contributed by atoms with van der Waals surface area (Å²) >= 11 is 0. The SMILES string of the molecule is CC1OC(C)C(c2nc(C(=O)O)c(C(=O)O)o2)C1C. The monoisotopic (exact) mass is 269 g/mol. The van der Waals surface area contributed by atoms with Crippen molar-refractivity contribution < 1.29 is 29.0 Å². The summed E-state index contributed by atoms with van der Waals surface area (Å²) in [5.41, 5.74) is -0.568. The number of hydrogen-bond acceptors (Lipinski definition) is 5. The molecule has 1 aromatic heterocycles. The first-order valence-corrected chi connectivity index (χ1v) is 5.95. The maximum absolute atomic E-state index is 11.0. The normalized spacial score (nSPS) is 30.5. The Morgan fingerprint density at radius 2 is 1.74 bits per heavy atom. The zero-order valence-corrected chi connectivity index (χ0v) is 10.8. The standard InChI is InChI=1S/C12H15NO6/c1-4-5(2)18-6(3)7(4)10-13-8(11(14)15)9(19-10)12(16)17/h4-7H,1-3H3,(H,14,15)(H,16,17). The van der Waals surface area contributed by atoms with E-state index in [-0.39, 0.29) is 29.9 Å². The molecule has 4 atom stereocenters. The molecule has 1 aliphatic rings. The van der Waals surface area contributed by atoms with Crippen LogP contribution in [0.3, 0.4) is 0 Å². The van der Waals surface area contributed by atoms with Crippen LogP contribution < -0.4 is 0 Å². The molecule has 1 saturated heterocycles. The number of oxazole rings is 1. The zero-order valence-electron chi connectivity index (χ0n) is 10.8. The number of nitrogens with zero attached hydrogens (tertiary/aromatic N) is 1. The van der Waals surface area contributed by atoms with E-state index >= 15 is 0 Å². The molecule has 2 heterocycles. The summed E-state index contributed by atoms with van der Waals surface area (Å²) in [6.45, 7) is 5.67. The summed E-state index contributed by atoms with van der Waals surface area (Å²) in [5, 5.41) is 17.9. The van der Waals surface area contributed by atoms with Crippen LogP contribution in [0.5, 0.6) is 0 Å².